The fourth-order valence-electron chi connectivity index (χ4n) is 2.99. The van der Waals surface area contributed by atoms with Crippen LogP contribution in [0, 0.1) is 24.0 Å². The number of non-ortho nitro benzene ring substituents is 1. The predicted molar refractivity (Wildman–Crippen MR) is 113 cm³/mol. The van der Waals surface area contributed by atoms with Crippen LogP contribution in [0.1, 0.15) is 22.5 Å². The zero-order valence-corrected chi connectivity index (χ0v) is 16.8. The number of carbonyl (C=O) groups is 1. The van der Waals surface area contributed by atoms with E-state index in [9.17, 15) is 14.9 Å². The van der Waals surface area contributed by atoms with Crippen LogP contribution in [0.15, 0.2) is 58.0 Å². The van der Waals surface area contributed by atoms with Gasteiger partial charge in [-0.05, 0) is 43.2 Å². The molecular formula is C22H21N3O5. The average Bonchev–Trinajstić information content (AvgIpc) is 3.18. The van der Waals surface area contributed by atoms with E-state index in [1.807, 2.05) is 32.0 Å². The number of benzene rings is 2. The van der Waals surface area contributed by atoms with Crippen molar-refractivity contribution in [3.63, 3.8) is 0 Å². The van der Waals surface area contributed by atoms with Crippen molar-refractivity contribution in [3.8, 4) is 17.1 Å². The molecule has 0 radical (unpaired) electrons. The lowest BCUT2D eigenvalue weighted by atomic mass is 10.0. The lowest BCUT2D eigenvalue weighted by molar-refractivity contribution is -0.384. The summed E-state index contributed by atoms with van der Waals surface area (Å²) in [6.07, 6.45) is 1.62. The normalized spacial score (nSPS) is 10.9. The molecule has 0 spiro atoms. The molecule has 1 N–H and O–H groups in total. The summed E-state index contributed by atoms with van der Waals surface area (Å²) < 4.78 is 10.9. The summed E-state index contributed by atoms with van der Waals surface area (Å²) in [5, 5.41) is 14.9. The number of hydrazone groups is 1. The molecule has 1 heterocycles. The summed E-state index contributed by atoms with van der Waals surface area (Å²) >= 11 is 0. The van der Waals surface area contributed by atoms with Crippen LogP contribution in [0.25, 0.3) is 11.3 Å². The third-order valence-electron chi connectivity index (χ3n) is 4.52. The molecule has 3 aromatic rings. The Bertz CT molecular complexity index is 1120. The Morgan fingerprint density at radius 3 is 2.70 bits per heavy atom. The van der Waals surface area contributed by atoms with Gasteiger partial charge in [-0.1, -0.05) is 23.8 Å². The Hall–Kier alpha value is -3.94. The molecule has 0 aliphatic carbocycles. The predicted octanol–water partition coefficient (Wildman–Crippen LogP) is 4.17. The van der Waals surface area contributed by atoms with Crippen molar-refractivity contribution in [1.82, 2.24) is 5.43 Å². The number of furan rings is 1. The maximum Gasteiger partial charge on any atom is 0.273 e. The lowest BCUT2D eigenvalue weighted by Crippen LogP contribution is -2.20. The first kappa shape index (κ1) is 20.8. The molecule has 0 saturated heterocycles. The van der Waals surface area contributed by atoms with E-state index >= 15 is 0 Å². The third kappa shape index (κ3) is 4.91. The molecule has 2 aromatic carbocycles. The highest BCUT2D eigenvalue weighted by Crippen LogP contribution is 2.34. The molecule has 3 rings (SSSR count). The van der Waals surface area contributed by atoms with E-state index in [-0.39, 0.29) is 18.0 Å². The second kappa shape index (κ2) is 9.04. The number of hydrogen-bond donors (Lipinski definition) is 1. The second-order valence-electron chi connectivity index (χ2n) is 6.74. The summed E-state index contributed by atoms with van der Waals surface area (Å²) in [7, 11) is 1.43. The van der Waals surface area contributed by atoms with Crippen molar-refractivity contribution >= 4 is 17.8 Å². The van der Waals surface area contributed by atoms with E-state index in [1.165, 1.54) is 25.5 Å². The minimum absolute atomic E-state index is 0.0736. The van der Waals surface area contributed by atoms with Gasteiger partial charge in [0.25, 0.3) is 5.69 Å². The van der Waals surface area contributed by atoms with Crippen LogP contribution in [0.5, 0.6) is 5.75 Å². The fourth-order valence-corrected chi connectivity index (χ4v) is 2.99. The van der Waals surface area contributed by atoms with Crippen LogP contribution in [-0.4, -0.2) is 24.2 Å². The van der Waals surface area contributed by atoms with E-state index in [0.29, 0.717) is 22.8 Å². The molecule has 0 bridgehead atoms. The van der Waals surface area contributed by atoms with Gasteiger partial charge in [0.05, 0.1) is 36.3 Å². The Balaban J connectivity index is 1.66. The number of nitrogens with one attached hydrogen (secondary N) is 1. The van der Waals surface area contributed by atoms with Crippen molar-refractivity contribution in [2.45, 2.75) is 20.3 Å². The fraction of sp³-hybridized carbons (Fsp3) is 0.182. The zero-order valence-electron chi connectivity index (χ0n) is 16.8. The molecule has 1 aromatic heterocycles. The van der Waals surface area contributed by atoms with Gasteiger partial charge in [0, 0.05) is 6.07 Å². The number of nitro benzene ring substituents is 1. The van der Waals surface area contributed by atoms with Gasteiger partial charge in [0.2, 0.25) is 5.91 Å². The van der Waals surface area contributed by atoms with Gasteiger partial charge in [-0.15, -0.1) is 0 Å². The quantitative estimate of drug-likeness (QED) is 0.359. The molecule has 0 aliphatic rings. The van der Waals surface area contributed by atoms with Gasteiger partial charge in [-0.3, -0.25) is 14.9 Å². The van der Waals surface area contributed by atoms with Gasteiger partial charge in [0.15, 0.2) is 0 Å². The molecule has 30 heavy (non-hydrogen) atoms. The average molecular weight is 407 g/mol. The van der Waals surface area contributed by atoms with Gasteiger partial charge in [-0.2, -0.15) is 5.10 Å². The molecular weight excluding hydrogens is 386 g/mol. The van der Waals surface area contributed by atoms with Gasteiger partial charge < -0.3 is 9.15 Å². The number of methoxy groups -OCH3 is 1. The van der Waals surface area contributed by atoms with E-state index in [2.05, 4.69) is 10.5 Å². The number of carbonyl (C=O) groups excluding carboxylic acids is 1. The van der Waals surface area contributed by atoms with E-state index in [4.69, 9.17) is 9.15 Å². The molecule has 0 aliphatic heterocycles. The summed E-state index contributed by atoms with van der Waals surface area (Å²) in [5.41, 5.74) is 6.13. The van der Waals surface area contributed by atoms with Crippen LogP contribution in [0.2, 0.25) is 0 Å². The zero-order chi connectivity index (χ0) is 21.7. The van der Waals surface area contributed by atoms with Crippen LogP contribution >= 0.6 is 0 Å². The van der Waals surface area contributed by atoms with Crippen LogP contribution in [0.4, 0.5) is 5.69 Å². The topological polar surface area (TPSA) is 107 Å². The highest BCUT2D eigenvalue weighted by atomic mass is 16.6. The Labute approximate surface area is 173 Å². The first-order valence-electron chi connectivity index (χ1n) is 9.18. The standard InChI is InChI=1S/C22H21N3O5/c1-14-4-5-16(15(2)10-14)11-22(26)24-23-13-18-7-9-20(30-18)19-8-6-17(25(27)28)12-21(19)29-3/h4-10,12-13H,11H2,1-3H3,(H,24,26)/b23-13+. The minimum atomic E-state index is -0.493. The molecule has 0 saturated carbocycles. The highest BCUT2D eigenvalue weighted by Gasteiger charge is 2.15. The molecule has 8 heteroatoms. The van der Waals surface area contributed by atoms with Crippen molar-refractivity contribution < 1.29 is 18.9 Å². The maximum absolute atomic E-state index is 12.1. The summed E-state index contributed by atoms with van der Waals surface area (Å²) in [6.45, 7) is 3.97. The number of nitrogens with zero attached hydrogens (tertiary/aromatic N) is 2. The summed E-state index contributed by atoms with van der Waals surface area (Å²) in [4.78, 5) is 22.5. The smallest absolute Gasteiger partial charge is 0.273 e. The monoisotopic (exact) mass is 407 g/mol. The van der Waals surface area contributed by atoms with E-state index in [1.54, 1.807) is 18.2 Å². The van der Waals surface area contributed by atoms with Crippen LogP contribution in [0.3, 0.4) is 0 Å². The van der Waals surface area contributed by atoms with Crippen molar-refractivity contribution in [2.24, 2.45) is 5.10 Å². The van der Waals surface area contributed by atoms with E-state index in [0.717, 1.165) is 16.7 Å². The maximum atomic E-state index is 12.1. The molecule has 8 nitrogen and oxygen atoms in total. The minimum Gasteiger partial charge on any atom is -0.496 e. The SMILES string of the molecule is COc1cc([N+](=O)[O-])ccc1-c1ccc(/C=N/NC(=O)Cc2ccc(C)cc2C)o1. The van der Waals surface area contributed by atoms with Crippen LogP contribution in [-0.2, 0) is 11.2 Å². The summed E-state index contributed by atoms with van der Waals surface area (Å²) in [5.74, 6) is 0.966. The third-order valence-corrected chi connectivity index (χ3v) is 4.52. The Kier molecular flexibility index (Phi) is 6.26. The highest BCUT2D eigenvalue weighted by molar-refractivity contribution is 5.82. The molecule has 1 amide bonds. The molecule has 0 atom stereocenters. The Morgan fingerprint density at radius 1 is 1.20 bits per heavy atom. The lowest BCUT2D eigenvalue weighted by Gasteiger charge is -2.06. The number of rotatable bonds is 7. The van der Waals surface area contributed by atoms with Crippen molar-refractivity contribution in [2.75, 3.05) is 7.11 Å². The number of nitro groups is 1. The largest absolute Gasteiger partial charge is 0.496 e. The molecule has 154 valence electrons. The number of aryl methyl sites for hydroxylation is 2. The number of amides is 1. The van der Waals surface area contributed by atoms with Gasteiger partial charge >= 0.3 is 0 Å². The Morgan fingerprint density at radius 2 is 2.00 bits per heavy atom. The molecule has 0 unspecified atom stereocenters. The van der Waals surface area contributed by atoms with Crippen LogP contribution < -0.4 is 10.2 Å². The van der Waals surface area contributed by atoms with Gasteiger partial charge in [0.1, 0.15) is 17.3 Å². The van der Waals surface area contributed by atoms with E-state index < -0.39 is 4.92 Å². The number of ether oxygens (including phenoxy) is 1. The summed E-state index contributed by atoms with van der Waals surface area (Å²) in [6, 6.07) is 13.6. The van der Waals surface area contributed by atoms with Gasteiger partial charge in [-0.25, -0.2) is 5.43 Å². The van der Waals surface area contributed by atoms with Crippen molar-refractivity contribution in [1.29, 1.82) is 0 Å². The van der Waals surface area contributed by atoms with Crippen molar-refractivity contribution in [3.05, 3.63) is 81.1 Å². The first-order valence-corrected chi connectivity index (χ1v) is 9.18. The molecule has 0 fully saturated rings. The number of hydrogen-bond acceptors (Lipinski definition) is 6. The second-order valence-corrected chi connectivity index (χ2v) is 6.74. The first-order chi connectivity index (χ1) is 14.4.